The van der Waals surface area contributed by atoms with E-state index in [1.54, 1.807) is 0 Å². The molecule has 0 atom stereocenters. The van der Waals surface area contributed by atoms with Crippen LogP contribution in [0.4, 0.5) is 0 Å². The van der Waals surface area contributed by atoms with Crippen LogP contribution >= 0.6 is 0 Å². The Morgan fingerprint density at radius 2 is 2.25 bits per heavy atom. The molecule has 0 aliphatic heterocycles. The van der Waals surface area contributed by atoms with Gasteiger partial charge in [-0.1, -0.05) is 0 Å². The maximum atomic E-state index is 9.40. The summed E-state index contributed by atoms with van der Waals surface area (Å²) < 4.78 is 4.14. The molecule has 4 nitrogen and oxygen atoms in total. The van der Waals surface area contributed by atoms with E-state index >= 15 is 0 Å². The molecule has 0 aliphatic carbocycles. The zero-order valence-corrected chi connectivity index (χ0v) is 4.28. The fourth-order valence-corrected chi connectivity index (χ4v) is 0.222. The van der Waals surface area contributed by atoms with E-state index in [4.69, 9.17) is 10.2 Å². The van der Waals surface area contributed by atoms with E-state index in [0.717, 1.165) is 0 Å². The standard InChI is InChI=1S/C4H8O4/c5-3-8-2-1-4(6)7/h3-4,6-7H,1-2H2. The Kier molecular flexibility index (Phi) is 4.20. The maximum Gasteiger partial charge on any atom is 0.293 e. The van der Waals surface area contributed by atoms with Crippen LogP contribution in [0.3, 0.4) is 0 Å². The summed E-state index contributed by atoms with van der Waals surface area (Å²) in [5, 5.41) is 16.3. The summed E-state index contributed by atoms with van der Waals surface area (Å²) in [5.74, 6) is 0. The molecule has 0 saturated carbocycles. The predicted octanol–water partition coefficient (Wildman–Crippen LogP) is -1.14. The lowest BCUT2D eigenvalue weighted by Crippen LogP contribution is -2.07. The molecule has 0 bridgehead atoms. The van der Waals surface area contributed by atoms with Crippen LogP contribution in [0, 0.1) is 0 Å². The molecule has 0 fully saturated rings. The van der Waals surface area contributed by atoms with Gasteiger partial charge in [0.1, 0.15) is 0 Å². The number of ether oxygens (including phenoxy) is 1. The Balaban J connectivity index is 2.81. The molecule has 4 heteroatoms. The van der Waals surface area contributed by atoms with Crippen LogP contribution in [0.1, 0.15) is 6.42 Å². The summed E-state index contributed by atoms with van der Waals surface area (Å²) in [6.45, 7) is 0.323. The van der Waals surface area contributed by atoms with E-state index in [0.29, 0.717) is 0 Å². The van der Waals surface area contributed by atoms with Gasteiger partial charge in [0.2, 0.25) is 0 Å². The third kappa shape index (κ3) is 5.39. The van der Waals surface area contributed by atoms with Crippen molar-refractivity contribution in [3.63, 3.8) is 0 Å². The third-order valence-electron chi connectivity index (χ3n) is 0.562. The molecular weight excluding hydrogens is 112 g/mol. The molecule has 0 aromatic rings. The summed E-state index contributed by atoms with van der Waals surface area (Å²) in [5.41, 5.74) is 0. The number of carbonyl (C=O) groups excluding carboxylic acids is 1. The van der Waals surface area contributed by atoms with Crippen LogP contribution in [0.25, 0.3) is 0 Å². The number of hydrogen-bond donors (Lipinski definition) is 2. The first-order valence-electron chi connectivity index (χ1n) is 2.18. The number of aliphatic hydroxyl groups excluding tert-OH is 1. The number of hydrogen-bond acceptors (Lipinski definition) is 4. The van der Waals surface area contributed by atoms with Crippen LogP contribution in [0.5, 0.6) is 0 Å². The van der Waals surface area contributed by atoms with Gasteiger partial charge >= 0.3 is 0 Å². The topological polar surface area (TPSA) is 66.8 Å². The van der Waals surface area contributed by atoms with Crippen molar-refractivity contribution < 1.29 is 19.7 Å². The molecular formula is C4H8O4. The summed E-state index contributed by atoms with van der Waals surface area (Å²) in [7, 11) is 0. The van der Waals surface area contributed by atoms with Gasteiger partial charge < -0.3 is 14.9 Å². The number of carbonyl (C=O) groups is 1. The van der Waals surface area contributed by atoms with Gasteiger partial charge in [-0.3, -0.25) is 4.79 Å². The van der Waals surface area contributed by atoms with Crippen LogP contribution in [-0.2, 0) is 9.53 Å². The highest BCUT2D eigenvalue weighted by Gasteiger charge is 1.94. The van der Waals surface area contributed by atoms with Gasteiger partial charge in [0.15, 0.2) is 6.29 Å². The monoisotopic (exact) mass is 120 g/mol. The lowest BCUT2D eigenvalue weighted by molar-refractivity contribution is -0.131. The smallest absolute Gasteiger partial charge is 0.293 e. The summed E-state index contributed by atoms with van der Waals surface area (Å²) in [4.78, 5) is 9.40. The molecule has 8 heavy (non-hydrogen) atoms. The molecule has 0 radical (unpaired) electrons. The second-order valence-corrected chi connectivity index (χ2v) is 1.24. The largest absolute Gasteiger partial charge is 0.468 e. The second kappa shape index (κ2) is 4.55. The first-order valence-corrected chi connectivity index (χ1v) is 2.18. The van der Waals surface area contributed by atoms with Crippen molar-refractivity contribution in [3.8, 4) is 0 Å². The quantitative estimate of drug-likeness (QED) is 0.279. The lowest BCUT2D eigenvalue weighted by Gasteiger charge is -1.98. The highest BCUT2D eigenvalue weighted by molar-refractivity contribution is 5.36. The number of rotatable bonds is 4. The van der Waals surface area contributed by atoms with Crippen LogP contribution in [-0.4, -0.2) is 29.6 Å². The maximum absolute atomic E-state index is 9.40. The first-order chi connectivity index (χ1) is 3.77. The van der Waals surface area contributed by atoms with Gasteiger partial charge in [-0.05, 0) is 0 Å². The Bertz CT molecular complexity index is 61.1. The van der Waals surface area contributed by atoms with Crippen LogP contribution in [0.15, 0.2) is 0 Å². The normalized spacial score (nSPS) is 9.38. The fourth-order valence-electron chi connectivity index (χ4n) is 0.222. The van der Waals surface area contributed by atoms with Crippen LogP contribution < -0.4 is 0 Å². The van der Waals surface area contributed by atoms with Crippen molar-refractivity contribution in [2.45, 2.75) is 12.7 Å². The second-order valence-electron chi connectivity index (χ2n) is 1.24. The average molecular weight is 120 g/mol. The van der Waals surface area contributed by atoms with Gasteiger partial charge in [0.25, 0.3) is 6.47 Å². The van der Waals surface area contributed by atoms with E-state index in [1.165, 1.54) is 0 Å². The van der Waals surface area contributed by atoms with Gasteiger partial charge in [-0.2, -0.15) is 0 Å². The first kappa shape index (κ1) is 7.39. The third-order valence-corrected chi connectivity index (χ3v) is 0.562. The molecule has 0 aromatic carbocycles. The Morgan fingerprint density at radius 3 is 2.62 bits per heavy atom. The molecule has 48 valence electrons. The van der Waals surface area contributed by atoms with Crippen molar-refractivity contribution in [3.05, 3.63) is 0 Å². The van der Waals surface area contributed by atoms with Crippen LogP contribution in [0.2, 0.25) is 0 Å². The van der Waals surface area contributed by atoms with E-state index in [2.05, 4.69) is 4.74 Å². The highest BCUT2D eigenvalue weighted by Crippen LogP contribution is 1.83. The molecule has 0 heterocycles. The fraction of sp³-hybridized carbons (Fsp3) is 0.750. The molecule has 0 aromatic heterocycles. The zero-order valence-electron chi connectivity index (χ0n) is 4.28. The van der Waals surface area contributed by atoms with Crippen molar-refractivity contribution in [1.82, 2.24) is 0 Å². The molecule has 2 N–H and O–H groups in total. The Labute approximate surface area is 46.7 Å². The number of aliphatic hydroxyl groups is 2. The zero-order chi connectivity index (χ0) is 6.41. The van der Waals surface area contributed by atoms with E-state index in [-0.39, 0.29) is 19.5 Å². The minimum absolute atomic E-state index is 0.0567. The summed E-state index contributed by atoms with van der Waals surface area (Å²) in [6, 6.07) is 0. The van der Waals surface area contributed by atoms with Crippen molar-refractivity contribution in [2.24, 2.45) is 0 Å². The molecule has 0 rings (SSSR count). The molecule has 0 spiro atoms. The molecule has 0 saturated heterocycles. The SMILES string of the molecule is O=COCCC(O)O. The Morgan fingerprint density at radius 1 is 1.62 bits per heavy atom. The summed E-state index contributed by atoms with van der Waals surface area (Å²) in [6.07, 6.45) is -1.31. The van der Waals surface area contributed by atoms with E-state index in [1.807, 2.05) is 0 Å². The van der Waals surface area contributed by atoms with Crippen molar-refractivity contribution in [2.75, 3.05) is 6.61 Å². The Hall–Kier alpha value is -0.610. The van der Waals surface area contributed by atoms with E-state index < -0.39 is 6.29 Å². The minimum Gasteiger partial charge on any atom is -0.468 e. The molecule has 0 unspecified atom stereocenters. The van der Waals surface area contributed by atoms with Crippen molar-refractivity contribution in [1.29, 1.82) is 0 Å². The van der Waals surface area contributed by atoms with E-state index in [9.17, 15) is 4.79 Å². The van der Waals surface area contributed by atoms with Gasteiger partial charge in [-0.15, -0.1) is 0 Å². The highest BCUT2D eigenvalue weighted by atomic mass is 16.5. The average Bonchev–Trinajstić information content (AvgIpc) is 1.66. The lowest BCUT2D eigenvalue weighted by atomic mass is 10.4. The predicted molar refractivity (Wildman–Crippen MR) is 24.9 cm³/mol. The summed E-state index contributed by atoms with van der Waals surface area (Å²) >= 11 is 0. The van der Waals surface area contributed by atoms with Crippen molar-refractivity contribution >= 4 is 6.47 Å². The van der Waals surface area contributed by atoms with Gasteiger partial charge in [0, 0.05) is 6.42 Å². The molecule has 0 amide bonds. The van der Waals surface area contributed by atoms with Gasteiger partial charge in [-0.25, -0.2) is 0 Å². The minimum atomic E-state index is -1.38. The molecule has 0 aliphatic rings. The van der Waals surface area contributed by atoms with Gasteiger partial charge in [0.05, 0.1) is 6.61 Å².